The van der Waals surface area contributed by atoms with Crippen LogP contribution in [0.1, 0.15) is 141 Å². The van der Waals surface area contributed by atoms with E-state index in [1.165, 1.54) is 95.3 Å². The average molecular weight is 653 g/mol. The molecule has 2 aliphatic heterocycles. The number of allylic oxidation sites excluding steroid dienone is 4. The van der Waals surface area contributed by atoms with Crippen molar-refractivity contribution in [1.29, 1.82) is 0 Å². The normalized spacial score (nSPS) is 15.5. The van der Waals surface area contributed by atoms with Crippen molar-refractivity contribution in [3.8, 4) is 11.5 Å². The fraction of sp³-hybridized carbons (Fsp3) is 0.647. The van der Waals surface area contributed by atoms with E-state index in [4.69, 9.17) is 9.47 Å². The van der Waals surface area contributed by atoms with Gasteiger partial charge in [0.25, 0.3) is 0 Å². The molecule has 0 bridgehead atoms. The summed E-state index contributed by atoms with van der Waals surface area (Å²) in [5, 5.41) is 0. The first kappa shape index (κ1) is 35.1. The van der Waals surface area contributed by atoms with Gasteiger partial charge >= 0.3 is 0 Å². The number of hydrogen-bond acceptors (Lipinski definition) is 7. The highest BCUT2D eigenvalue weighted by Gasteiger charge is 2.26. The molecule has 0 aliphatic carbocycles. The van der Waals surface area contributed by atoms with Crippen LogP contribution in [0.25, 0.3) is 12.2 Å². The maximum Gasteiger partial charge on any atom is 0.179 e. The maximum atomic E-state index is 6.61. The Bertz CT molecular complexity index is 957. The third kappa shape index (κ3) is 11.0. The highest BCUT2D eigenvalue weighted by Crippen LogP contribution is 2.57. The minimum absolute atomic E-state index is 0.745. The molecule has 2 nitrogen and oxygen atoms in total. The Balaban J connectivity index is 1.98. The van der Waals surface area contributed by atoms with Gasteiger partial charge in [0.2, 0.25) is 0 Å². The van der Waals surface area contributed by atoms with Gasteiger partial charge < -0.3 is 9.47 Å². The van der Waals surface area contributed by atoms with Gasteiger partial charge in [0.1, 0.15) is 0 Å². The molecule has 41 heavy (non-hydrogen) atoms. The molecule has 3 heterocycles. The average Bonchev–Trinajstić information content (AvgIpc) is 3.61. The minimum Gasteiger partial charge on any atom is -0.488 e. The first-order valence-electron chi connectivity index (χ1n) is 16.1. The van der Waals surface area contributed by atoms with Crippen molar-refractivity contribution in [2.45, 2.75) is 131 Å². The van der Waals surface area contributed by atoms with Crippen molar-refractivity contribution >= 4 is 70.5 Å². The molecule has 0 N–H and O–H groups in total. The number of rotatable bonds is 20. The molecule has 0 saturated heterocycles. The Morgan fingerprint density at radius 2 is 0.805 bits per heavy atom. The van der Waals surface area contributed by atoms with Crippen LogP contribution in [0.3, 0.4) is 0 Å². The standard InChI is InChI=1S/C34H52O2S5/c1-7-13-15-21-35-33-29(23-31-38-25(17-9-3)26(39-31)18-10-4)37-30(34(33)36-22-16-14-8-2)24-32-40-27(19-11-5)28(41-32)20-12-6/h23-24H,7-22H2,1-6H3. The van der Waals surface area contributed by atoms with Crippen molar-refractivity contribution in [1.82, 2.24) is 0 Å². The molecular weight excluding hydrogens is 601 g/mol. The third-order valence-electron chi connectivity index (χ3n) is 6.79. The Labute approximate surface area is 272 Å². The van der Waals surface area contributed by atoms with Gasteiger partial charge in [-0.1, -0.05) is 140 Å². The van der Waals surface area contributed by atoms with Gasteiger partial charge in [-0.05, 0) is 50.7 Å². The molecule has 0 fully saturated rings. The van der Waals surface area contributed by atoms with Gasteiger partial charge in [-0.25, -0.2) is 0 Å². The molecule has 1 aromatic heterocycles. The maximum absolute atomic E-state index is 6.61. The largest absolute Gasteiger partial charge is 0.488 e. The van der Waals surface area contributed by atoms with E-state index in [1.54, 1.807) is 19.6 Å². The Hall–Kier alpha value is -0.340. The molecule has 0 spiro atoms. The highest BCUT2D eigenvalue weighted by atomic mass is 32.2. The van der Waals surface area contributed by atoms with Crippen LogP contribution in [-0.4, -0.2) is 13.2 Å². The number of unbranched alkanes of at least 4 members (excludes halogenated alkanes) is 4. The quantitative estimate of drug-likeness (QED) is 0.130. The van der Waals surface area contributed by atoms with E-state index in [2.05, 4.69) is 53.7 Å². The zero-order chi connectivity index (χ0) is 29.5. The second kappa shape index (κ2) is 19.8. The predicted octanol–water partition coefficient (Wildman–Crippen LogP) is 14.1. The first-order chi connectivity index (χ1) is 20.1. The third-order valence-corrected chi connectivity index (χ3v) is 13.2. The summed E-state index contributed by atoms with van der Waals surface area (Å²) >= 11 is 9.80. The summed E-state index contributed by atoms with van der Waals surface area (Å²) in [5.41, 5.74) is 0. The van der Waals surface area contributed by atoms with E-state index in [1.807, 2.05) is 58.4 Å². The molecule has 0 aromatic carbocycles. The Kier molecular flexibility index (Phi) is 17.0. The second-order valence-electron chi connectivity index (χ2n) is 10.6. The number of thioether (sulfide) groups is 4. The van der Waals surface area contributed by atoms with E-state index >= 15 is 0 Å². The van der Waals surface area contributed by atoms with Gasteiger partial charge in [-0.15, -0.1) is 11.3 Å². The number of hydrogen-bond donors (Lipinski definition) is 0. The lowest BCUT2D eigenvalue weighted by Crippen LogP contribution is -2.02. The van der Waals surface area contributed by atoms with E-state index < -0.39 is 0 Å². The smallest absolute Gasteiger partial charge is 0.179 e. The van der Waals surface area contributed by atoms with Gasteiger partial charge in [0.15, 0.2) is 11.5 Å². The van der Waals surface area contributed by atoms with E-state index in [0.29, 0.717) is 0 Å². The van der Waals surface area contributed by atoms with Gasteiger partial charge in [0.05, 0.1) is 31.4 Å². The highest BCUT2D eigenvalue weighted by molar-refractivity contribution is 8.29. The molecule has 0 radical (unpaired) electrons. The van der Waals surface area contributed by atoms with E-state index in [-0.39, 0.29) is 0 Å². The lowest BCUT2D eigenvalue weighted by molar-refractivity contribution is 0.261. The minimum atomic E-state index is 0.745. The summed E-state index contributed by atoms with van der Waals surface area (Å²) in [5.74, 6) is 1.93. The van der Waals surface area contributed by atoms with Crippen LogP contribution in [0, 0.1) is 0 Å². The first-order valence-corrected chi connectivity index (χ1v) is 20.2. The van der Waals surface area contributed by atoms with Crippen LogP contribution in [0.2, 0.25) is 0 Å². The van der Waals surface area contributed by atoms with Crippen LogP contribution in [0.5, 0.6) is 11.5 Å². The zero-order valence-corrected chi connectivity index (χ0v) is 30.4. The lowest BCUT2D eigenvalue weighted by Gasteiger charge is -2.11. The number of ether oxygens (including phenoxy) is 2. The van der Waals surface area contributed by atoms with Gasteiger partial charge in [0, 0.05) is 19.6 Å². The monoisotopic (exact) mass is 652 g/mol. The molecule has 2 aliphatic rings. The van der Waals surface area contributed by atoms with Crippen molar-refractivity contribution in [2.75, 3.05) is 13.2 Å². The van der Waals surface area contributed by atoms with Crippen molar-refractivity contribution in [3.05, 3.63) is 37.8 Å². The molecule has 0 unspecified atom stereocenters. The fourth-order valence-electron chi connectivity index (χ4n) is 4.71. The molecular formula is C34H52O2S5. The van der Waals surface area contributed by atoms with Crippen molar-refractivity contribution < 1.29 is 9.47 Å². The summed E-state index contributed by atoms with van der Waals surface area (Å²) in [4.78, 5) is 8.72. The molecule has 3 rings (SSSR count). The van der Waals surface area contributed by atoms with Gasteiger partial charge in [-0.3, -0.25) is 0 Å². The van der Waals surface area contributed by atoms with Crippen molar-refractivity contribution in [2.24, 2.45) is 0 Å². The topological polar surface area (TPSA) is 18.5 Å². The Morgan fingerprint density at radius 1 is 0.463 bits per heavy atom. The van der Waals surface area contributed by atoms with Gasteiger partial charge in [-0.2, -0.15) is 0 Å². The molecule has 0 amide bonds. The molecule has 0 atom stereocenters. The van der Waals surface area contributed by atoms with Crippen molar-refractivity contribution in [3.63, 3.8) is 0 Å². The van der Waals surface area contributed by atoms with Crippen LogP contribution in [0.4, 0.5) is 0 Å². The summed E-state index contributed by atoms with van der Waals surface area (Å²) < 4.78 is 16.0. The van der Waals surface area contributed by atoms with E-state index in [0.717, 1.165) is 37.6 Å². The SMILES string of the molecule is CCCCCOc1c(C=C2SC(CCC)=C(CCC)S2)sc(C=C2SC(CCC)=C(CCC)S2)c1OCCCCC. The Morgan fingerprint density at radius 3 is 1.10 bits per heavy atom. The van der Waals surface area contributed by atoms with Crippen LogP contribution >= 0.6 is 58.4 Å². The summed E-state index contributed by atoms with van der Waals surface area (Å²) in [6, 6.07) is 0. The molecule has 230 valence electrons. The molecule has 0 saturated carbocycles. The second-order valence-corrected chi connectivity index (χ2v) is 16.8. The predicted molar refractivity (Wildman–Crippen MR) is 194 cm³/mol. The van der Waals surface area contributed by atoms with Crippen LogP contribution in [0.15, 0.2) is 28.1 Å². The number of thiophene rings is 1. The molecule has 1 aromatic rings. The zero-order valence-electron chi connectivity index (χ0n) is 26.3. The van der Waals surface area contributed by atoms with E-state index in [9.17, 15) is 0 Å². The van der Waals surface area contributed by atoms with Crippen LogP contribution < -0.4 is 9.47 Å². The summed E-state index contributed by atoms with van der Waals surface area (Å²) in [6.45, 7) is 15.2. The lowest BCUT2D eigenvalue weighted by atomic mass is 10.2. The molecule has 7 heteroatoms. The summed E-state index contributed by atoms with van der Waals surface area (Å²) in [6.07, 6.45) is 21.3. The summed E-state index contributed by atoms with van der Waals surface area (Å²) in [7, 11) is 0. The van der Waals surface area contributed by atoms with Crippen LogP contribution in [-0.2, 0) is 0 Å². The fourth-order valence-corrected chi connectivity index (χ4v) is 11.9.